The molecule has 1 fully saturated rings. The van der Waals surface area contributed by atoms with E-state index in [1.807, 2.05) is 19.1 Å². The minimum atomic E-state index is -0.452. The lowest BCUT2D eigenvalue weighted by atomic mass is 9.90. The van der Waals surface area contributed by atoms with Crippen molar-refractivity contribution in [2.24, 2.45) is 17.6 Å². The van der Waals surface area contributed by atoms with Crippen LogP contribution in [0.4, 0.5) is 5.69 Å². The fourth-order valence-electron chi connectivity index (χ4n) is 3.27. The van der Waals surface area contributed by atoms with Crippen LogP contribution in [0, 0.1) is 11.8 Å². The second-order valence-corrected chi connectivity index (χ2v) is 7.62. The first kappa shape index (κ1) is 18.7. The Bertz CT molecular complexity index is 620. The monoisotopic (exact) mass is 351 g/mol. The molecule has 2 unspecified atom stereocenters. The molecule has 5 nitrogen and oxygen atoms in total. The van der Waals surface area contributed by atoms with Gasteiger partial charge >= 0.3 is 0 Å². The van der Waals surface area contributed by atoms with Crippen LogP contribution in [0.15, 0.2) is 24.3 Å². The lowest BCUT2D eigenvalue weighted by Crippen LogP contribution is -2.54. The summed E-state index contributed by atoms with van der Waals surface area (Å²) in [7, 11) is 0. The Morgan fingerprint density at radius 3 is 2.71 bits per heavy atom. The van der Waals surface area contributed by atoms with E-state index in [-0.39, 0.29) is 24.2 Å². The molecule has 2 rings (SSSR count). The normalized spacial score (nSPS) is 20.3. The lowest BCUT2D eigenvalue weighted by Gasteiger charge is -2.32. The Kier molecular flexibility index (Phi) is 5.88. The Balaban J connectivity index is 2.07. The third-order valence-electron chi connectivity index (χ3n) is 4.37. The quantitative estimate of drug-likeness (QED) is 0.827. The molecule has 3 N–H and O–H groups in total. The van der Waals surface area contributed by atoms with Crippen LogP contribution in [0.3, 0.4) is 0 Å². The maximum absolute atomic E-state index is 12.6. The van der Waals surface area contributed by atoms with Crippen LogP contribution in [0.5, 0.6) is 0 Å². The number of benzene rings is 1. The highest BCUT2D eigenvalue weighted by molar-refractivity contribution is 6.33. The number of rotatable bonds is 6. The van der Waals surface area contributed by atoms with Gasteiger partial charge in [0.15, 0.2) is 0 Å². The van der Waals surface area contributed by atoms with E-state index >= 15 is 0 Å². The summed E-state index contributed by atoms with van der Waals surface area (Å²) in [5, 5.41) is 3.56. The van der Waals surface area contributed by atoms with E-state index < -0.39 is 5.54 Å². The minimum Gasteiger partial charge on any atom is -0.349 e. The summed E-state index contributed by atoms with van der Waals surface area (Å²) in [4.78, 5) is 26.5. The molecule has 0 spiro atoms. The van der Waals surface area contributed by atoms with Crippen molar-refractivity contribution in [3.05, 3.63) is 29.3 Å². The first-order chi connectivity index (χ1) is 11.3. The van der Waals surface area contributed by atoms with Gasteiger partial charge in [-0.1, -0.05) is 37.6 Å². The third-order valence-corrected chi connectivity index (χ3v) is 4.69. The van der Waals surface area contributed by atoms with Crippen molar-refractivity contribution in [1.82, 2.24) is 5.32 Å². The number of nitrogens with two attached hydrogens (primary N) is 1. The molecule has 0 bridgehead atoms. The molecule has 1 aromatic carbocycles. The van der Waals surface area contributed by atoms with Gasteiger partial charge < -0.3 is 16.0 Å². The SMILES string of the molecule is CC(C)CC(C)(CN)NC(=O)C1CC(=O)N(c2ccccc2Cl)C1. The van der Waals surface area contributed by atoms with E-state index in [1.165, 1.54) is 0 Å². The van der Waals surface area contributed by atoms with Crippen molar-refractivity contribution in [2.75, 3.05) is 18.0 Å². The fraction of sp³-hybridized carbons (Fsp3) is 0.556. The molecule has 0 saturated carbocycles. The number of nitrogens with zero attached hydrogens (tertiary/aromatic N) is 1. The van der Waals surface area contributed by atoms with Crippen LogP contribution in [0.25, 0.3) is 0 Å². The molecule has 0 aromatic heterocycles. The first-order valence-corrected chi connectivity index (χ1v) is 8.70. The summed E-state index contributed by atoms with van der Waals surface area (Å²) >= 11 is 6.17. The van der Waals surface area contributed by atoms with E-state index in [2.05, 4.69) is 19.2 Å². The number of carbonyl (C=O) groups is 2. The molecule has 1 saturated heterocycles. The Morgan fingerprint density at radius 2 is 2.12 bits per heavy atom. The van der Waals surface area contributed by atoms with E-state index in [9.17, 15) is 9.59 Å². The zero-order valence-electron chi connectivity index (χ0n) is 14.5. The number of para-hydroxylation sites is 1. The van der Waals surface area contributed by atoms with Crippen LogP contribution in [0.1, 0.15) is 33.6 Å². The molecule has 0 aliphatic carbocycles. The van der Waals surface area contributed by atoms with Gasteiger partial charge in [-0.2, -0.15) is 0 Å². The summed E-state index contributed by atoms with van der Waals surface area (Å²) in [6.45, 7) is 6.85. The molecular weight excluding hydrogens is 326 g/mol. The average molecular weight is 352 g/mol. The van der Waals surface area contributed by atoms with Gasteiger partial charge in [-0.05, 0) is 31.4 Å². The number of nitrogens with one attached hydrogen (secondary N) is 1. The summed E-state index contributed by atoms with van der Waals surface area (Å²) in [5.74, 6) is -0.163. The number of amides is 2. The number of carbonyl (C=O) groups excluding carboxylic acids is 2. The smallest absolute Gasteiger partial charge is 0.227 e. The topological polar surface area (TPSA) is 75.4 Å². The predicted molar refractivity (Wildman–Crippen MR) is 97.0 cm³/mol. The summed E-state index contributed by atoms with van der Waals surface area (Å²) in [6, 6.07) is 7.18. The highest BCUT2D eigenvalue weighted by atomic mass is 35.5. The van der Waals surface area contributed by atoms with Crippen molar-refractivity contribution in [1.29, 1.82) is 0 Å². The number of anilines is 1. The Morgan fingerprint density at radius 1 is 1.46 bits per heavy atom. The molecule has 1 aliphatic heterocycles. The van der Waals surface area contributed by atoms with Crippen LogP contribution in [-0.2, 0) is 9.59 Å². The molecular formula is C18H26ClN3O2. The van der Waals surface area contributed by atoms with E-state index in [1.54, 1.807) is 17.0 Å². The number of halogens is 1. The molecule has 24 heavy (non-hydrogen) atoms. The van der Waals surface area contributed by atoms with Gasteiger partial charge in [0.25, 0.3) is 0 Å². The largest absolute Gasteiger partial charge is 0.349 e. The van der Waals surface area contributed by atoms with Gasteiger partial charge in [0.05, 0.1) is 16.6 Å². The summed E-state index contributed by atoms with van der Waals surface area (Å²) in [6.07, 6.45) is 0.990. The van der Waals surface area contributed by atoms with E-state index in [0.29, 0.717) is 29.7 Å². The van der Waals surface area contributed by atoms with Gasteiger partial charge in [0, 0.05) is 25.0 Å². The van der Waals surface area contributed by atoms with Crippen LogP contribution >= 0.6 is 11.6 Å². The van der Waals surface area contributed by atoms with Gasteiger partial charge in [-0.15, -0.1) is 0 Å². The first-order valence-electron chi connectivity index (χ1n) is 8.33. The summed E-state index contributed by atoms with van der Waals surface area (Å²) < 4.78 is 0. The van der Waals surface area contributed by atoms with E-state index in [4.69, 9.17) is 17.3 Å². The van der Waals surface area contributed by atoms with Gasteiger partial charge in [-0.25, -0.2) is 0 Å². The molecule has 6 heteroatoms. The average Bonchev–Trinajstić information content (AvgIpc) is 2.89. The van der Waals surface area contributed by atoms with Crippen molar-refractivity contribution >= 4 is 29.1 Å². The Labute approximate surface area is 148 Å². The van der Waals surface area contributed by atoms with Gasteiger partial charge in [-0.3, -0.25) is 9.59 Å². The van der Waals surface area contributed by atoms with Crippen molar-refractivity contribution in [2.45, 2.75) is 39.2 Å². The number of hydrogen-bond acceptors (Lipinski definition) is 3. The van der Waals surface area contributed by atoms with Gasteiger partial charge in [0.1, 0.15) is 0 Å². The fourth-order valence-corrected chi connectivity index (χ4v) is 3.51. The molecule has 1 aliphatic rings. The molecule has 1 aromatic rings. The van der Waals surface area contributed by atoms with Crippen molar-refractivity contribution in [3.8, 4) is 0 Å². The maximum atomic E-state index is 12.6. The molecule has 2 amide bonds. The highest BCUT2D eigenvalue weighted by Gasteiger charge is 2.38. The van der Waals surface area contributed by atoms with E-state index in [0.717, 1.165) is 6.42 Å². The van der Waals surface area contributed by atoms with Crippen LogP contribution in [0.2, 0.25) is 5.02 Å². The molecule has 132 valence electrons. The zero-order chi connectivity index (χ0) is 17.9. The predicted octanol–water partition coefficient (Wildman–Crippen LogP) is 2.57. The third kappa shape index (κ3) is 4.28. The van der Waals surface area contributed by atoms with Crippen LogP contribution < -0.4 is 16.0 Å². The lowest BCUT2D eigenvalue weighted by molar-refractivity contribution is -0.128. The summed E-state index contributed by atoms with van der Waals surface area (Å²) in [5.41, 5.74) is 6.06. The maximum Gasteiger partial charge on any atom is 0.227 e. The molecule has 0 radical (unpaired) electrons. The van der Waals surface area contributed by atoms with Crippen LogP contribution in [-0.4, -0.2) is 30.4 Å². The standard InChI is InChI=1S/C18H26ClN3O2/c1-12(2)9-18(3,11-20)21-17(24)13-8-16(23)22(10-13)15-7-5-4-6-14(15)19/h4-7,12-13H,8-11,20H2,1-3H3,(H,21,24). The minimum absolute atomic E-state index is 0.0819. The second-order valence-electron chi connectivity index (χ2n) is 7.21. The number of hydrogen-bond donors (Lipinski definition) is 2. The highest BCUT2D eigenvalue weighted by Crippen LogP contribution is 2.31. The van der Waals surface area contributed by atoms with Crippen molar-refractivity contribution in [3.63, 3.8) is 0 Å². The second kappa shape index (κ2) is 7.53. The Hall–Kier alpha value is -1.59. The van der Waals surface area contributed by atoms with Crippen molar-refractivity contribution < 1.29 is 9.59 Å². The molecule has 1 heterocycles. The molecule has 2 atom stereocenters. The zero-order valence-corrected chi connectivity index (χ0v) is 15.3. The van der Waals surface area contributed by atoms with Gasteiger partial charge in [0.2, 0.25) is 11.8 Å².